The molecule has 1 rings (SSSR count). The van der Waals surface area contributed by atoms with E-state index in [2.05, 4.69) is 5.32 Å². The van der Waals surface area contributed by atoms with Crippen LogP contribution in [0.15, 0.2) is 0 Å². The van der Waals surface area contributed by atoms with E-state index < -0.39 is 6.17 Å². The van der Waals surface area contributed by atoms with Gasteiger partial charge >= 0.3 is 0 Å². The number of hydrogen-bond donors (Lipinski definition) is 1. The van der Waals surface area contributed by atoms with Crippen LogP contribution in [0.1, 0.15) is 44.9 Å². The first kappa shape index (κ1) is 11.0. The molecule has 0 bridgehead atoms. The Morgan fingerprint density at radius 1 is 1.31 bits per heavy atom. The smallest absolute Gasteiger partial charge is 0.100 e. The van der Waals surface area contributed by atoms with Crippen LogP contribution in [0.3, 0.4) is 0 Å². The van der Waals surface area contributed by atoms with Gasteiger partial charge in [-0.2, -0.15) is 0 Å². The molecule has 1 fully saturated rings. The lowest BCUT2D eigenvalue weighted by atomic mass is 9.85. The van der Waals surface area contributed by atoms with Gasteiger partial charge in [0.25, 0.3) is 0 Å². The van der Waals surface area contributed by atoms with Crippen molar-refractivity contribution in [2.45, 2.75) is 51.1 Å². The topological polar surface area (TPSA) is 12.0 Å². The van der Waals surface area contributed by atoms with Crippen LogP contribution in [-0.2, 0) is 0 Å². The van der Waals surface area contributed by atoms with Gasteiger partial charge in [-0.05, 0) is 38.8 Å². The number of rotatable bonds is 5. The summed E-state index contributed by atoms with van der Waals surface area (Å²) in [5, 5.41) is 3.14. The molecule has 2 atom stereocenters. The SMILES string of the molecule is CNCCCCC1CCCC(F)C1. The standard InChI is InChI=1S/C11H22FN/c1-13-8-3-2-5-10-6-4-7-11(12)9-10/h10-11,13H,2-9H2,1H3. The van der Waals surface area contributed by atoms with E-state index in [0.717, 1.165) is 25.8 Å². The molecule has 1 N–H and O–H groups in total. The largest absolute Gasteiger partial charge is 0.320 e. The summed E-state index contributed by atoms with van der Waals surface area (Å²) in [5.74, 6) is 0.681. The number of halogens is 1. The van der Waals surface area contributed by atoms with E-state index >= 15 is 0 Å². The maximum Gasteiger partial charge on any atom is 0.100 e. The Balaban J connectivity index is 2.00. The van der Waals surface area contributed by atoms with Crippen molar-refractivity contribution < 1.29 is 4.39 Å². The molecular weight excluding hydrogens is 165 g/mol. The van der Waals surface area contributed by atoms with Crippen LogP contribution in [0.25, 0.3) is 0 Å². The summed E-state index contributed by atoms with van der Waals surface area (Å²) < 4.78 is 13.0. The molecule has 2 heteroatoms. The lowest BCUT2D eigenvalue weighted by molar-refractivity contribution is 0.190. The molecule has 1 aliphatic carbocycles. The van der Waals surface area contributed by atoms with Crippen molar-refractivity contribution in [3.8, 4) is 0 Å². The normalized spacial score (nSPS) is 29.1. The third-order valence-electron chi connectivity index (χ3n) is 3.01. The average molecular weight is 187 g/mol. The molecule has 0 amide bonds. The van der Waals surface area contributed by atoms with E-state index in [1.165, 1.54) is 25.7 Å². The van der Waals surface area contributed by atoms with Crippen molar-refractivity contribution in [2.75, 3.05) is 13.6 Å². The fourth-order valence-corrected chi connectivity index (χ4v) is 2.22. The third kappa shape index (κ3) is 4.61. The lowest BCUT2D eigenvalue weighted by Crippen LogP contribution is -2.16. The molecule has 0 aliphatic heterocycles. The third-order valence-corrected chi connectivity index (χ3v) is 3.01. The van der Waals surface area contributed by atoms with Crippen LogP contribution >= 0.6 is 0 Å². The molecule has 1 aliphatic rings. The van der Waals surface area contributed by atoms with E-state index in [0.29, 0.717) is 5.92 Å². The Kier molecular flexibility index (Phi) is 5.37. The van der Waals surface area contributed by atoms with Crippen molar-refractivity contribution in [3.63, 3.8) is 0 Å². The van der Waals surface area contributed by atoms with Crippen molar-refractivity contribution in [1.29, 1.82) is 0 Å². The van der Waals surface area contributed by atoms with Crippen LogP contribution in [0.2, 0.25) is 0 Å². The van der Waals surface area contributed by atoms with Crippen LogP contribution in [0, 0.1) is 5.92 Å². The van der Waals surface area contributed by atoms with E-state index in [1.807, 2.05) is 7.05 Å². The van der Waals surface area contributed by atoms with Gasteiger partial charge in [0, 0.05) is 0 Å². The molecule has 0 heterocycles. The maximum absolute atomic E-state index is 13.0. The number of nitrogens with one attached hydrogen (secondary N) is 1. The van der Waals surface area contributed by atoms with Crippen molar-refractivity contribution in [1.82, 2.24) is 5.32 Å². The average Bonchev–Trinajstić information content (AvgIpc) is 2.13. The minimum atomic E-state index is -0.497. The van der Waals surface area contributed by atoms with Gasteiger partial charge in [0.2, 0.25) is 0 Å². The van der Waals surface area contributed by atoms with Crippen molar-refractivity contribution in [3.05, 3.63) is 0 Å². The van der Waals surface area contributed by atoms with Crippen LogP contribution in [0.5, 0.6) is 0 Å². The Bertz CT molecular complexity index is 127. The van der Waals surface area contributed by atoms with Gasteiger partial charge in [0.05, 0.1) is 0 Å². The van der Waals surface area contributed by atoms with Crippen LogP contribution in [-0.4, -0.2) is 19.8 Å². The fraction of sp³-hybridized carbons (Fsp3) is 1.00. The second-order valence-electron chi connectivity index (χ2n) is 4.23. The van der Waals surface area contributed by atoms with Gasteiger partial charge in [-0.3, -0.25) is 0 Å². The first-order valence-corrected chi connectivity index (χ1v) is 5.61. The van der Waals surface area contributed by atoms with Crippen molar-refractivity contribution in [2.24, 2.45) is 5.92 Å². The predicted molar refractivity (Wildman–Crippen MR) is 54.6 cm³/mol. The summed E-state index contributed by atoms with van der Waals surface area (Å²) >= 11 is 0. The highest BCUT2D eigenvalue weighted by Crippen LogP contribution is 2.29. The maximum atomic E-state index is 13.0. The number of hydrogen-bond acceptors (Lipinski definition) is 1. The lowest BCUT2D eigenvalue weighted by Gasteiger charge is -2.24. The number of alkyl halides is 1. The van der Waals surface area contributed by atoms with Crippen LogP contribution in [0.4, 0.5) is 4.39 Å². The predicted octanol–water partition coefficient (Wildman–Crippen LogP) is 2.90. The van der Waals surface area contributed by atoms with E-state index in [9.17, 15) is 4.39 Å². The summed E-state index contributed by atoms with van der Waals surface area (Å²) in [6.45, 7) is 1.10. The van der Waals surface area contributed by atoms with Crippen molar-refractivity contribution >= 4 is 0 Å². The van der Waals surface area contributed by atoms with Gasteiger partial charge in [0.1, 0.15) is 6.17 Å². The zero-order chi connectivity index (χ0) is 9.52. The first-order chi connectivity index (χ1) is 6.33. The molecule has 1 nitrogen and oxygen atoms in total. The Morgan fingerprint density at radius 3 is 2.85 bits per heavy atom. The zero-order valence-electron chi connectivity index (χ0n) is 8.69. The number of unbranched alkanes of at least 4 members (excludes halogenated alkanes) is 1. The molecule has 0 aromatic rings. The van der Waals surface area contributed by atoms with Gasteiger partial charge < -0.3 is 5.32 Å². The van der Waals surface area contributed by atoms with E-state index in [1.54, 1.807) is 0 Å². The highest BCUT2D eigenvalue weighted by Gasteiger charge is 2.20. The summed E-state index contributed by atoms with van der Waals surface area (Å²) in [7, 11) is 1.98. The van der Waals surface area contributed by atoms with E-state index in [4.69, 9.17) is 0 Å². The summed E-state index contributed by atoms with van der Waals surface area (Å²) in [4.78, 5) is 0. The molecular formula is C11H22FN. The molecule has 0 saturated heterocycles. The highest BCUT2D eigenvalue weighted by molar-refractivity contribution is 4.72. The Morgan fingerprint density at radius 2 is 2.15 bits per heavy atom. The molecule has 1 saturated carbocycles. The minimum absolute atomic E-state index is 0.497. The molecule has 0 spiro atoms. The molecule has 0 radical (unpaired) electrons. The second-order valence-corrected chi connectivity index (χ2v) is 4.23. The highest BCUT2D eigenvalue weighted by atomic mass is 19.1. The van der Waals surface area contributed by atoms with E-state index in [-0.39, 0.29) is 0 Å². The zero-order valence-corrected chi connectivity index (χ0v) is 8.69. The molecule has 78 valence electrons. The van der Waals surface area contributed by atoms with Crippen LogP contribution < -0.4 is 5.32 Å². The summed E-state index contributed by atoms with van der Waals surface area (Å²) in [5.41, 5.74) is 0. The fourth-order valence-electron chi connectivity index (χ4n) is 2.22. The molecule has 13 heavy (non-hydrogen) atoms. The quantitative estimate of drug-likeness (QED) is 0.653. The summed E-state index contributed by atoms with van der Waals surface area (Å²) in [6.07, 6.45) is 7.26. The Hall–Kier alpha value is -0.110. The monoisotopic (exact) mass is 187 g/mol. The molecule has 0 aromatic heterocycles. The van der Waals surface area contributed by atoms with Gasteiger partial charge in [0.15, 0.2) is 0 Å². The first-order valence-electron chi connectivity index (χ1n) is 5.61. The molecule has 0 aromatic carbocycles. The van der Waals surface area contributed by atoms with Gasteiger partial charge in [-0.15, -0.1) is 0 Å². The van der Waals surface area contributed by atoms with Gasteiger partial charge in [-0.1, -0.05) is 25.7 Å². The van der Waals surface area contributed by atoms with Gasteiger partial charge in [-0.25, -0.2) is 4.39 Å². The summed E-state index contributed by atoms with van der Waals surface area (Å²) in [6, 6.07) is 0. The molecule has 2 unspecified atom stereocenters. The Labute approximate surface area is 81.1 Å². The second kappa shape index (κ2) is 6.36. The minimum Gasteiger partial charge on any atom is -0.320 e.